The Balaban J connectivity index is 2.25. The zero-order valence-corrected chi connectivity index (χ0v) is 14.6. The number of hydrogen-bond donors (Lipinski definition) is 1. The summed E-state index contributed by atoms with van der Waals surface area (Å²) in [7, 11) is -3.56. The second-order valence-electron chi connectivity index (χ2n) is 5.89. The van der Waals surface area contributed by atoms with E-state index in [2.05, 4.69) is 41.4 Å². The van der Waals surface area contributed by atoms with Gasteiger partial charge in [0.15, 0.2) is 0 Å². The van der Waals surface area contributed by atoms with E-state index in [4.69, 9.17) is 0 Å². The summed E-state index contributed by atoms with van der Waals surface area (Å²) in [5, 5.41) is 0. The van der Waals surface area contributed by atoms with Crippen molar-refractivity contribution in [2.45, 2.75) is 31.1 Å². The summed E-state index contributed by atoms with van der Waals surface area (Å²) >= 11 is 3.28. The van der Waals surface area contributed by atoms with Gasteiger partial charge in [-0.25, -0.2) is 8.42 Å². The van der Waals surface area contributed by atoms with Gasteiger partial charge in [-0.3, -0.25) is 4.72 Å². The molecule has 0 aliphatic rings. The Morgan fingerprint density at radius 2 is 1.62 bits per heavy atom. The molecule has 5 heteroatoms. The zero-order chi connectivity index (χ0) is 15.7. The van der Waals surface area contributed by atoms with Gasteiger partial charge in [0.1, 0.15) is 0 Å². The second kappa shape index (κ2) is 5.81. The fourth-order valence-electron chi connectivity index (χ4n) is 1.89. The number of hydrogen-bond acceptors (Lipinski definition) is 2. The molecular formula is C16H18BrNO2S. The number of anilines is 1. The van der Waals surface area contributed by atoms with Gasteiger partial charge in [0, 0.05) is 10.2 Å². The summed E-state index contributed by atoms with van der Waals surface area (Å²) in [6.07, 6.45) is 0. The third-order valence-corrected chi connectivity index (χ3v) is 4.98. The summed E-state index contributed by atoms with van der Waals surface area (Å²) in [5.41, 5.74) is 1.76. The third-order valence-electron chi connectivity index (χ3n) is 3.11. The summed E-state index contributed by atoms with van der Waals surface area (Å²) < 4.78 is 27.9. The number of rotatable bonds is 3. The van der Waals surface area contributed by atoms with Gasteiger partial charge in [0.25, 0.3) is 10.0 Å². The molecule has 2 aromatic carbocycles. The normalized spacial score (nSPS) is 12.2. The van der Waals surface area contributed by atoms with E-state index in [-0.39, 0.29) is 10.3 Å². The van der Waals surface area contributed by atoms with E-state index in [1.807, 2.05) is 12.1 Å². The molecule has 112 valence electrons. The second-order valence-corrected chi connectivity index (χ2v) is 8.49. The van der Waals surface area contributed by atoms with Crippen LogP contribution in [0.4, 0.5) is 5.69 Å². The standard InChI is InChI=1S/C16H18BrNO2S/c1-16(2,3)12-7-9-14(10-8-12)18-21(19,20)15-6-4-5-13(17)11-15/h4-11,18H,1-3H3. The summed E-state index contributed by atoms with van der Waals surface area (Å²) in [6.45, 7) is 6.36. The molecule has 0 fully saturated rings. The van der Waals surface area contributed by atoms with Gasteiger partial charge in [-0.05, 0) is 41.3 Å². The quantitative estimate of drug-likeness (QED) is 0.864. The van der Waals surface area contributed by atoms with Gasteiger partial charge in [-0.15, -0.1) is 0 Å². The van der Waals surface area contributed by atoms with Crippen LogP contribution < -0.4 is 4.72 Å². The van der Waals surface area contributed by atoms with E-state index < -0.39 is 10.0 Å². The van der Waals surface area contributed by atoms with Crippen LogP contribution in [0.5, 0.6) is 0 Å². The summed E-state index contributed by atoms with van der Waals surface area (Å²) in [4.78, 5) is 0.233. The predicted molar refractivity (Wildman–Crippen MR) is 90.1 cm³/mol. The molecule has 1 N–H and O–H groups in total. The lowest BCUT2D eigenvalue weighted by molar-refractivity contribution is 0.590. The lowest BCUT2D eigenvalue weighted by atomic mass is 9.87. The molecule has 0 amide bonds. The smallest absolute Gasteiger partial charge is 0.261 e. The first-order valence-electron chi connectivity index (χ1n) is 6.57. The van der Waals surface area contributed by atoms with Crippen molar-refractivity contribution in [3.05, 3.63) is 58.6 Å². The van der Waals surface area contributed by atoms with Crippen LogP contribution in [0.25, 0.3) is 0 Å². The summed E-state index contributed by atoms with van der Waals surface area (Å²) in [5.74, 6) is 0. The molecule has 0 bridgehead atoms. The average Bonchev–Trinajstić information content (AvgIpc) is 2.38. The van der Waals surface area contributed by atoms with E-state index in [0.29, 0.717) is 5.69 Å². The molecule has 2 rings (SSSR count). The topological polar surface area (TPSA) is 46.2 Å². The van der Waals surface area contributed by atoms with Gasteiger partial charge in [0.2, 0.25) is 0 Å². The molecule has 0 heterocycles. The van der Waals surface area contributed by atoms with Crippen molar-refractivity contribution in [2.75, 3.05) is 4.72 Å². The number of halogens is 1. The summed E-state index contributed by atoms with van der Waals surface area (Å²) in [6, 6.07) is 14.1. The van der Waals surface area contributed by atoms with Crippen LogP contribution in [0.2, 0.25) is 0 Å². The molecule has 0 atom stereocenters. The van der Waals surface area contributed by atoms with Gasteiger partial charge in [-0.1, -0.05) is 54.9 Å². The molecule has 0 aliphatic carbocycles. The molecule has 0 radical (unpaired) electrons. The maximum absolute atomic E-state index is 12.3. The van der Waals surface area contributed by atoms with E-state index in [9.17, 15) is 8.42 Å². The molecular weight excluding hydrogens is 350 g/mol. The van der Waals surface area contributed by atoms with Gasteiger partial charge in [-0.2, -0.15) is 0 Å². The molecule has 2 aromatic rings. The van der Waals surface area contributed by atoms with Gasteiger partial charge in [0.05, 0.1) is 4.90 Å². The van der Waals surface area contributed by atoms with Crippen molar-refractivity contribution in [3.8, 4) is 0 Å². The minimum Gasteiger partial charge on any atom is -0.280 e. The molecule has 0 unspecified atom stereocenters. The Bertz CT molecular complexity index is 732. The highest BCUT2D eigenvalue weighted by Gasteiger charge is 2.16. The first-order chi connectivity index (χ1) is 9.68. The Morgan fingerprint density at radius 1 is 1.00 bits per heavy atom. The maximum atomic E-state index is 12.3. The lowest BCUT2D eigenvalue weighted by Crippen LogP contribution is -2.14. The molecule has 0 spiro atoms. The minimum absolute atomic E-state index is 0.0434. The molecule has 0 saturated carbocycles. The Kier molecular flexibility index (Phi) is 4.44. The fraction of sp³-hybridized carbons (Fsp3) is 0.250. The van der Waals surface area contributed by atoms with Crippen LogP contribution >= 0.6 is 15.9 Å². The van der Waals surface area contributed by atoms with Gasteiger partial charge < -0.3 is 0 Å². The lowest BCUT2D eigenvalue weighted by Gasteiger charge is -2.19. The average molecular weight is 368 g/mol. The molecule has 0 aromatic heterocycles. The van der Waals surface area contributed by atoms with Gasteiger partial charge >= 0.3 is 0 Å². The van der Waals surface area contributed by atoms with Crippen molar-refractivity contribution >= 4 is 31.6 Å². The van der Waals surface area contributed by atoms with Crippen molar-refractivity contribution in [1.82, 2.24) is 0 Å². The predicted octanol–water partition coefficient (Wildman–Crippen LogP) is 4.55. The van der Waals surface area contributed by atoms with E-state index >= 15 is 0 Å². The Labute approximate surface area is 134 Å². The molecule has 0 aliphatic heterocycles. The van der Waals surface area contributed by atoms with Crippen LogP contribution in [-0.2, 0) is 15.4 Å². The monoisotopic (exact) mass is 367 g/mol. The highest BCUT2D eigenvalue weighted by molar-refractivity contribution is 9.10. The minimum atomic E-state index is -3.56. The Hall–Kier alpha value is -1.33. The van der Waals surface area contributed by atoms with E-state index in [1.54, 1.807) is 36.4 Å². The molecule has 3 nitrogen and oxygen atoms in total. The zero-order valence-electron chi connectivity index (χ0n) is 12.2. The number of nitrogens with one attached hydrogen (secondary N) is 1. The molecule has 21 heavy (non-hydrogen) atoms. The van der Waals surface area contributed by atoms with Crippen molar-refractivity contribution in [1.29, 1.82) is 0 Å². The van der Waals surface area contributed by atoms with Crippen molar-refractivity contribution < 1.29 is 8.42 Å². The molecule has 0 saturated heterocycles. The highest BCUT2D eigenvalue weighted by Crippen LogP contribution is 2.25. The van der Waals surface area contributed by atoms with Crippen LogP contribution in [0.1, 0.15) is 26.3 Å². The van der Waals surface area contributed by atoms with E-state index in [1.165, 1.54) is 0 Å². The van der Waals surface area contributed by atoms with Crippen LogP contribution in [0, 0.1) is 0 Å². The SMILES string of the molecule is CC(C)(C)c1ccc(NS(=O)(=O)c2cccc(Br)c2)cc1. The van der Waals surface area contributed by atoms with E-state index in [0.717, 1.165) is 10.0 Å². The van der Waals surface area contributed by atoms with Crippen LogP contribution in [-0.4, -0.2) is 8.42 Å². The first-order valence-corrected chi connectivity index (χ1v) is 8.85. The largest absolute Gasteiger partial charge is 0.280 e. The van der Waals surface area contributed by atoms with Crippen molar-refractivity contribution in [3.63, 3.8) is 0 Å². The highest BCUT2D eigenvalue weighted by atomic mass is 79.9. The maximum Gasteiger partial charge on any atom is 0.261 e. The van der Waals surface area contributed by atoms with Crippen LogP contribution in [0.15, 0.2) is 57.9 Å². The van der Waals surface area contributed by atoms with Crippen molar-refractivity contribution in [2.24, 2.45) is 0 Å². The third kappa shape index (κ3) is 4.08. The fourth-order valence-corrected chi connectivity index (χ4v) is 3.54. The Morgan fingerprint density at radius 3 is 2.14 bits per heavy atom. The first kappa shape index (κ1) is 16.0. The number of sulfonamides is 1. The van der Waals surface area contributed by atoms with Crippen LogP contribution in [0.3, 0.4) is 0 Å². The number of benzene rings is 2.